The number of aromatic nitrogens is 1. The maximum Gasteiger partial charge on any atom is 0.344 e. The third-order valence-corrected chi connectivity index (χ3v) is 5.66. The molecule has 4 amide bonds. The van der Waals surface area contributed by atoms with E-state index in [1.807, 2.05) is 13.8 Å². The van der Waals surface area contributed by atoms with Gasteiger partial charge in [-0.3, -0.25) is 15.0 Å². The number of aryl methyl sites for hydroxylation is 2. The lowest BCUT2D eigenvalue weighted by atomic mass is 9.92. The zero-order chi connectivity index (χ0) is 23.0. The molecule has 1 fully saturated rings. The number of fused-ring (bicyclic) bond motifs is 1. The predicted octanol–water partition coefficient (Wildman–Crippen LogP) is 2.44. The van der Waals surface area contributed by atoms with Crippen LogP contribution in [0.2, 0.25) is 0 Å². The Bertz CT molecular complexity index is 1250. The minimum absolute atomic E-state index is 0.291. The first-order chi connectivity index (χ1) is 15.2. The summed E-state index contributed by atoms with van der Waals surface area (Å²) in [5, 5.41) is 4.07. The number of carbonyl (C=O) groups excluding carboxylic acids is 4. The molecule has 1 aromatic heterocycles. The van der Waals surface area contributed by atoms with Gasteiger partial charge in [-0.1, -0.05) is 30.3 Å². The Morgan fingerprint density at radius 1 is 1.09 bits per heavy atom. The zero-order valence-corrected chi connectivity index (χ0v) is 17.8. The molecule has 4 rings (SSSR count). The number of rotatable bonds is 5. The number of aromatic amines is 1. The number of nitrogens with one attached hydrogen (secondary N) is 3. The van der Waals surface area contributed by atoms with Gasteiger partial charge in [-0.2, -0.15) is 5.01 Å². The maximum absolute atomic E-state index is 12.8. The molecule has 9 nitrogen and oxygen atoms in total. The summed E-state index contributed by atoms with van der Waals surface area (Å²) in [7, 11) is 0. The Kier molecular flexibility index (Phi) is 5.17. The van der Waals surface area contributed by atoms with Gasteiger partial charge < -0.3 is 15.0 Å². The largest absolute Gasteiger partial charge is 0.452 e. The van der Waals surface area contributed by atoms with Crippen LogP contribution in [-0.4, -0.2) is 40.4 Å². The molecule has 0 unspecified atom stereocenters. The average Bonchev–Trinajstić information content (AvgIpc) is 3.19. The van der Waals surface area contributed by atoms with Crippen LogP contribution in [-0.2, 0) is 19.9 Å². The summed E-state index contributed by atoms with van der Waals surface area (Å²) < 4.78 is 5.07. The lowest BCUT2D eigenvalue weighted by Gasteiger charge is -2.22. The molecule has 32 heavy (non-hydrogen) atoms. The van der Waals surface area contributed by atoms with Crippen molar-refractivity contribution in [2.24, 2.45) is 0 Å². The summed E-state index contributed by atoms with van der Waals surface area (Å²) in [5.41, 5.74) is 4.67. The van der Waals surface area contributed by atoms with Gasteiger partial charge in [0.05, 0.1) is 5.56 Å². The van der Waals surface area contributed by atoms with Crippen molar-refractivity contribution in [3.05, 3.63) is 70.9 Å². The fourth-order valence-corrected chi connectivity index (χ4v) is 3.67. The first-order valence-electron chi connectivity index (χ1n) is 9.98. The van der Waals surface area contributed by atoms with E-state index in [2.05, 4.69) is 15.7 Å². The molecule has 0 spiro atoms. The molecule has 2 heterocycles. The Hall–Kier alpha value is -4.14. The number of hydrazine groups is 1. The van der Waals surface area contributed by atoms with E-state index in [1.165, 1.54) is 0 Å². The van der Waals surface area contributed by atoms with Crippen molar-refractivity contribution in [3.63, 3.8) is 0 Å². The Labute approximate surface area is 183 Å². The van der Waals surface area contributed by atoms with Crippen LogP contribution in [0.1, 0.15) is 34.1 Å². The zero-order valence-electron chi connectivity index (χ0n) is 17.8. The van der Waals surface area contributed by atoms with Gasteiger partial charge in [-0.25, -0.2) is 9.59 Å². The highest BCUT2D eigenvalue weighted by Gasteiger charge is 2.50. The second-order valence-electron chi connectivity index (χ2n) is 7.81. The molecule has 1 atom stereocenters. The van der Waals surface area contributed by atoms with E-state index in [9.17, 15) is 19.2 Å². The summed E-state index contributed by atoms with van der Waals surface area (Å²) in [6.45, 7) is 4.78. The van der Waals surface area contributed by atoms with Gasteiger partial charge in [0.2, 0.25) is 0 Å². The highest BCUT2D eigenvalue weighted by molar-refractivity contribution is 6.08. The predicted molar refractivity (Wildman–Crippen MR) is 115 cm³/mol. The van der Waals surface area contributed by atoms with Crippen LogP contribution < -0.4 is 10.7 Å². The molecule has 0 saturated carbocycles. The molecule has 1 aliphatic heterocycles. The Morgan fingerprint density at radius 2 is 1.81 bits per heavy atom. The maximum atomic E-state index is 12.8. The SMILES string of the molecule is Cc1[nH]c2ccc(C(=O)OCC(=O)NN3C(=O)N[C@](C)(c4ccccc4)C3=O)cc2c1C. The quantitative estimate of drug-likeness (QED) is 0.421. The first-order valence-corrected chi connectivity index (χ1v) is 9.98. The van der Waals surface area contributed by atoms with Crippen molar-refractivity contribution in [2.75, 3.05) is 6.61 Å². The third kappa shape index (κ3) is 3.58. The summed E-state index contributed by atoms with van der Waals surface area (Å²) in [5.74, 6) is -2.14. The van der Waals surface area contributed by atoms with Crippen molar-refractivity contribution in [2.45, 2.75) is 26.3 Å². The highest BCUT2D eigenvalue weighted by atomic mass is 16.5. The summed E-state index contributed by atoms with van der Waals surface area (Å²) in [6, 6.07) is 13.0. The van der Waals surface area contributed by atoms with Crippen molar-refractivity contribution in [1.29, 1.82) is 0 Å². The molecule has 1 saturated heterocycles. The van der Waals surface area contributed by atoms with Crippen LogP contribution in [0.4, 0.5) is 4.79 Å². The summed E-state index contributed by atoms with van der Waals surface area (Å²) in [4.78, 5) is 53.0. The van der Waals surface area contributed by atoms with Gasteiger partial charge in [-0.15, -0.1) is 0 Å². The first kappa shape index (κ1) is 21.1. The molecule has 0 radical (unpaired) electrons. The number of carbonyl (C=O) groups is 4. The molecule has 3 aromatic rings. The van der Waals surface area contributed by atoms with Crippen LogP contribution in [0.25, 0.3) is 10.9 Å². The molecule has 3 N–H and O–H groups in total. The van der Waals surface area contributed by atoms with Crippen LogP contribution in [0, 0.1) is 13.8 Å². The van der Waals surface area contributed by atoms with E-state index in [1.54, 1.807) is 55.5 Å². The van der Waals surface area contributed by atoms with Gasteiger partial charge in [0.1, 0.15) is 5.54 Å². The minimum Gasteiger partial charge on any atom is -0.452 e. The number of benzene rings is 2. The lowest BCUT2D eigenvalue weighted by molar-refractivity contribution is -0.140. The number of imide groups is 1. The number of urea groups is 1. The molecule has 1 aliphatic rings. The number of amides is 4. The molecule has 0 bridgehead atoms. The van der Waals surface area contributed by atoms with Crippen molar-refractivity contribution in [1.82, 2.24) is 20.7 Å². The van der Waals surface area contributed by atoms with Crippen molar-refractivity contribution in [3.8, 4) is 0 Å². The highest BCUT2D eigenvalue weighted by Crippen LogP contribution is 2.27. The molecule has 0 aliphatic carbocycles. The van der Waals surface area contributed by atoms with Gasteiger partial charge >= 0.3 is 12.0 Å². The molecule has 164 valence electrons. The van der Waals surface area contributed by atoms with E-state index in [-0.39, 0.29) is 0 Å². The Morgan fingerprint density at radius 3 is 2.53 bits per heavy atom. The number of esters is 1. The minimum atomic E-state index is -1.32. The fourth-order valence-electron chi connectivity index (χ4n) is 3.67. The molecule has 2 aromatic carbocycles. The standard InChI is InChI=1S/C23H22N4O5/c1-13-14(2)24-18-10-9-15(11-17(13)18)20(29)32-12-19(28)26-27-21(30)23(3,25-22(27)31)16-7-5-4-6-8-16/h4-11,24H,12H2,1-3H3,(H,25,31)(H,26,28)/t23-/m1/s1. The van der Waals surface area contributed by atoms with E-state index in [0.29, 0.717) is 16.1 Å². The second-order valence-corrected chi connectivity index (χ2v) is 7.81. The van der Waals surface area contributed by atoms with Crippen molar-refractivity contribution >= 4 is 34.7 Å². The van der Waals surface area contributed by atoms with Gasteiger partial charge in [0.15, 0.2) is 6.61 Å². The van der Waals surface area contributed by atoms with E-state index >= 15 is 0 Å². The average molecular weight is 434 g/mol. The normalized spacial score (nSPS) is 18.0. The number of nitrogens with zero attached hydrogens (tertiary/aromatic N) is 1. The van der Waals surface area contributed by atoms with E-state index < -0.39 is 36.0 Å². The van der Waals surface area contributed by atoms with Crippen molar-refractivity contribution < 1.29 is 23.9 Å². The van der Waals surface area contributed by atoms with Gasteiger partial charge in [0, 0.05) is 16.6 Å². The topological polar surface area (TPSA) is 121 Å². The van der Waals surface area contributed by atoms with Crippen LogP contribution >= 0.6 is 0 Å². The number of ether oxygens (including phenoxy) is 1. The van der Waals surface area contributed by atoms with Gasteiger partial charge in [0.25, 0.3) is 11.8 Å². The van der Waals surface area contributed by atoms with Crippen LogP contribution in [0.3, 0.4) is 0 Å². The second kappa shape index (κ2) is 7.84. The molecular weight excluding hydrogens is 412 g/mol. The third-order valence-electron chi connectivity index (χ3n) is 5.66. The summed E-state index contributed by atoms with van der Waals surface area (Å²) in [6.07, 6.45) is 0. The fraction of sp³-hybridized carbons (Fsp3) is 0.217. The summed E-state index contributed by atoms with van der Waals surface area (Å²) >= 11 is 0. The number of hydrogen-bond acceptors (Lipinski definition) is 5. The lowest BCUT2D eigenvalue weighted by Crippen LogP contribution is -2.49. The van der Waals surface area contributed by atoms with Crippen LogP contribution in [0.15, 0.2) is 48.5 Å². The number of hydrogen-bond donors (Lipinski definition) is 3. The van der Waals surface area contributed by atoms with E-state index in [4.69, 9.17) is 4.74 Å². The Balaban J connectivity index is 1.40. The van der Waals surface area contributed by atoms with E-state index in [0.717, 1.165) is 22.2 Å². The van der Waals surface area contributed by atoms with Gasteiger partial charge in [-0.05, 0) is 50.1 Å². The molecule has 9 heteroatoms. The number of H-pyrrole nitrogens is 1. The molecular formula is C23H22N4O5. The van der Waals surface area contributed by atoms with Crippen LogP contribution in [0.5, 0.6) is 0 Å². The smallest absolute Gasteiger partial charge is 0.344 e. The monoisotopic (exact) mass is 434 g/mol.